The molecule has 0 aliphatic rings. The lowest BCUT2D eigenvalue weighted by Crippen LogP contribution is -2.11. The summed E-state index contributed by atoms with van der Waals surface area (Å²) in [5, 5.41) is 0. The molecule has 0 atom stereocenters. The lowest BCUT2D eigenvalue weighted by atomic mass is 11.4. The van der Waals surface area contributed by atoms with E-state index in [9.17, 15) is 13.2 Å². The second-order valence-electron chi connectivity index (χ2n) is 0.761. The van der Waals surface area contributed by atoms with Crippen LogP contribution in [-0.2, 0) is 15.2 Å². The summed E-state index contributed by atoms with van der Waals surface area (Å²) in [5.41, 5.74) is 0. The molecule has 0 spiro atoms. The molecule has 3 nitrogen and oxygen atoms in total. The Bertz CT molecular complexity index is 130. The molecule has 0 saturated carbocycles. The first-order valence-corrected chi connectivity index (χ1v) is 2.41. The van der Waals surface area contributed by atoms with Crippen LogP contribution in [0.2, 0.25) is 0 Å². The number of hydrogen-bond donors (Lipinski definition) is 1. The summed E-state index contributed by atoms with van der Waals surface area (Å²) in [6.45, 7) is 0. The number of rotatable bonds is 1. The van der Waals surface area contributed by atoms with Gasteiger partial charge in [0.05, 0.1) is 0 Å². The lowest BCUT2D eigenvalue weighted by Gasteiger charge is -1.96. The summed E-state index contributed by atoms with van der Waals surface area (Å²) in [5.74, 6) is 0. The molecule has 0 aromatic heterocycles. The minimum Gasteiger partial charge on any atom is -0.202 e. The molecule has 0 unspecified atom stereocenters. The Morgan fingerprint density at radius 2 is 1.75 bits per heavy atom. The molecule has 8 heavy (non-hydrogen) atoms. The van der Waals surface area contributed by atoms with Crippen molar-refractivity contribution in [1.82, 2.24) is 0 Å². The SMILES string of the molecule is O=[SH](=O)OC(F)(F)F.[H+]. The molecule has 0 aromatic carbocycles. The fourth-order valence-corrected chi connectivity index (χ4v) is 0.254. The van der Waals surface area contributed by atoms with Gasteiger partial charge in [0, 0.05) is 0 Å². The predicted molar refractivity (Wildman–Crippen MR) is 18.6 cm³/mol. The summed E-state index contributed by atoms with van der Waals surface area (Å²) < 4.78 is 52.7. The van der Waals surface area contributed by atoms with Crippen molar-refractivity contribution >= 4 is 11.0 Å². The van der Waals surface area contributed by atoms with Gasteiger partial charge in [0.15, 0.2) is 0 Å². The number of halogens is 3. The van der Waals surface area contributed by atoms with Gasteiger partial charge in [-0.2, -0.15) is 4.18 Å². The lowest BCUT2D eigenvalue weighted by molar-refractivity contribution is -0.270. The second kappa shape index (κ2) is 2.31. The third-order valence-electron chi connectivity index (χ3n) is 0.178. The van der Waals surface area contributed by atoms with Crippen LogP contribution in [0.4, 0.5) is 13.2 Å². The van der Waals surface area contributed by atoms with Crippen molar-refractivity contribution < 1.29 is 27.2 Å². The quantitative estimate of drug-likeness (QED) is 0.543. The zero-order valence-corrected chi connectivity index (χ0v) is 4.20. The second-order valence-corrected chi connectivity index (χ2v) is 1.39. The highest BCUT2D eigenvalue weighted by atomic mass is 32.2. The van der Waals surface area contributed by atoms with E-state index in [1.807, 2.05) is 0 Å². The summed E-state index contributed by atoms with van der Waals surface area (Å²) in [4.78, 5) is 0. The van der Waals surface area contributed by atoms with Gasteiger partial charge in [0.2, 0.25) is 0 Å². The number of hydrogen-bond acceptors (Lipinski definition) is 3. The Morgan fingerprint density at radius 3 is 1.75 bits per heavy atom. The highest BCUT2D eigenvalue weighted by Crippen LogP contribution is 2.15. The van der Waals surface area contributed by atoms with Gasteiger partial charge in [-0.15, -0.1) is 13.2 Å². The molecule has 0 fully saturated rings. The molecule has 0 N–H and O–H groups in total. The van der Waals surface area contributed by atoms with Crippen LogP contribution >= 0.6 is 0 Å². The highest BCUT2D eigenvalue weighted by Gasteiger charge is 2.30. The minimum atomic E-state index is -5.07. The zero-order valence-electron chi connectivity index (χ0n) is 4.31. The molecule has 0 heterocycles. The molecule has 50 valence electrons. The fraction of sp³-hybridized carbons (Fsp3) is 1.00. The molecule has 0 saturated heterocycles. The van der Waals surface area contributed by atoms with Crippen LogP contribution in [0.15, 0.2) is 0 Å². The maximum atomic E-state index is 10.7. The first-order valence-electron chi connectivity index (χ1n) is 1.32. The average molecular weight is 151 g/mol. The Labute approximate surface area is 45.7 Å². The van der Waals surface area contributed by atoms with Gasteiger partial charge in [0.25, 0.3) is 11.0 Å². The van der Waals surface area contributed by atoms with Crippen LogP contribution < -0.4 is 0 Å². The van der Waals surface area contributed by atoms with Gasteiger partial charge in [-0.25, -0.2) is 8.42 Å². The topological polar surface area (TPSA) is 43.4 Å². The first kappa shape index (κ1) is 7.70. The first-order chi connectivity index (χ1) is 3.42. The van der Waals surface area contributed by atoms with Crippen LogP contribution in [0.5, 0.6) is 0 Å². The fourth-order valence-electron chi connectivity index (χ4n) is 0.0845. The van der Waals surface area contributed by atoms with E-state index in [1.54, 1.807) is 0 Å². The zero-order chi connectivity index (χ0) is 6.78. The van der Waals surface area contributed by atoms with E-state index in [1.165, 1.54) is 0 Å². The van der Waals surface area contributed by atoms with E-state index < -0.39 is 17.3 Å². The van der Waals surface area contributed by atoms with Crippen molar-refractivity contribution in [2.24, 2.45) is 0 Å². The summed E-state index contributed by atoms with van der Waals surface area (Å²) >= 11 is 0. The highest BCUT2D eigenvalue weighted by molar-refractivity contribution is 7.67. The van der Waals surface area contributed by atoms with Gasteiger partial charge < -0.3 is 0 Å². The summed E-state index contributed by atoms with van der Waals surface area (Å²) in [7, 11) is -3.81. The third kappa shape index (κ3) is 5.70. The van der Waals surface area contributed by atoms with Crippen molar-refractivity contribution in [2.75, 3.05) is 0 Å². The van der Waals surface area contributed by atoms with Crippen molar-refractivity contribution in [3.8, 4) is 0 Å². The third-order valence-corrected chi connectivity index (χ3v) is 0.534. The summed E-state index contributed by atoms with van der Waals surface area (Å²) in [6, 6.07) is 0. The standard InChI is InChI=1S/CHF3O3S/c2-1(3,4)7-8(5)6/h8H/p+1. The maximum absolute atomic E-state index is 10.7. The van der Waals surface area contributed by atoms with E-state index >= 15 is 0 Å². The van der Waals surface area contributed by atoms with Crippen molar-refractivity contribution in [2.45, 2.75) is 6.36 Å². The van der Waals surface area contributed by atoms with E-state index in [2.05, 4.69) is 4.18 Å². The molecule has 0 aliphatic heterocycles. The molecule has 0 radical (unpaired) electrons. The monoisotopic (exact) mass is 151 g/mol. The molecule has 7 heteroatoms. The molecule has 0 rings (SSSR count). The van der Waals surface area contributed by atoms with E-state index in [4.69, 9.17) is 8.42 Å². The van der Waals surface area contributed by atoms with Crippen LogP contribution in [-0.4, -0.2) is 14.8 Å². The molecule has 0 bridgehead atoms. The Kier molecular flexibility index (Phi) is 2.23. The van der Waals surface area contributed by atoms with Gasteiger partial charge in [-0.05, 0) is 0 Å². The van der Waals surface area contributed by atoms with Crippen LogP contribution in [0.25, 0.3) is 0 Å². The maximum Gasteiger partial charge on any atom is 1.00 e. The average Bonchev–Trinajstić information content (AvgIpc) is 1.21. The van der Waals surface area contributed by atoms with Crippen molar-refractivity contribution in [3.05, 3.63) is 0 Å². The molecule has 0 aromatic rings. The largest absolute Gasteiger partial charge is 1.00 e. The predicted octanol–water partition coefficient (Wildman–Crippen LogP) is 0.162. The minimum absolute atomic E-state index is 0. The number of alkyl halides is 3. The van der Waals surface area contributed by atoms with Crippen molar-refractivity contribution in [3.63, 3.8) is 0 Å². The van der Waals surface area contributed by atoms with Gasteiger partial charge >= 0.3 is 7.79 Å². The van der Waals surface area contributed by atoms with Crippen LogP contribution in [0, 0.1) is 0 Å². The van der Waals surface area contributed by atoms with Crippen LogP contribution in [0.1, 0.15) is 1.43 Å². The normalized spacial score (nSPS) is 12.5. The molecule has 0 aliphatic carbocycles. The molecular weight excluding hydrogens is 149 g/mol. The van der Waals surface area contributed by atoms with Gasteiger partial charge in [-0.3, -0.25) is 0 Å². The Balaban J connectivity index is 0. The van der Waals surface area contributed by atoms with Crippen LogP contribution in [0.3, 0.4) is 0 Å². The van der Waals surface area contributed by atoms with E-state index in [0.29, 0.717) is 0 Å². The smallest absolute Gasteiger partial charge is 0.202 e. The summed E-state index contributed by atoms with van der Waals surface area (Å²) in [6.07, 6.45) is -5.07. The van der Waals surface area contributed by atoms with Crippen molar-refractivity contribution in [1.29, 1.82) is 0 Å². The molecule has 0 amide bonds. The van der Waals surface area contributed by atoms with Gasteiger partial charge in [-0.1, -0.05) is 0 Å². The Morgan fingerprint density at radius 1 is 1.38 bits per heavy atom. The molecular formula is CH2F3O3S+. The van der Waals surface area contributed by atoms with E-state index in [0.717, 1.165) is 0 Å². The van der Waals surface area contributed by atoms with Gasteiger partial charge in [0.1, 0.15) is 0 Å². The number of thiol groups is 1. The van der Waals surface area contributed by atoms with E-state index in [-0.39, 0.29) is 1.43 Å². The Hall–Kier alpha value is -0.300.